The minimum Gasteiger partial charge on any atom is -0.481 e. The van der Waals surface area contributed by atoms with Crippen LogP contribution in [0, 0.1) is 0 Å². The number of ether oxygens (including phenoxy) is 1. The lowest BCUT2D eigenvalue weighted by atomic mass is 9.93. The van der Waals surface area contributed by atoms with Crippen molar-refractivity contribution in [3.8, 4) is 5.75 Å². The van der Waals surface area contributed by atoms with E-state index < -0.39 is 0 Å². The van der Waals surface area contributed by atoms with Gasteiger partial charge < -0.3 is 10.1 Å². The fourth-order valence-electron chi connectivity index (χ4n) is 3.18. The number of benzene rings is 1. The van der Waals surface area contributed by atoms with Gasteiger partial charge in [0.25, 0.3) is 5.91 Å². The number of carbonyl (C=O) groups excluding carboxylic acids is 1. The Morgan fingerprint density at radius 2 is 2.32 bits per heavy atom. The molecule has 1 unspecified atom stereocenters. The molecule has 128 valence electrons. The van der Waals surface area contributed by atoms with Gasteiger partial charge >= 0.3 is 0 Å². The second-order valence-electron chi connectivity index (χ2n) is 6.11. The summed E-state index contributed by atoms with van der Waals surface area (Å²) in [7, 11) is 0. The molecule has 2 aromatic heterocycles. The van der Waals surface area contributed by atoms with E-state index in [0.29, 0.717) is 16.3 Å². The van der Waals surface area contributed by atoms with Gasteiger partial charge in [0, 0.05) is 23.3 Å². The minimum absolute atomic E-state index is 0.0535. The molecule has 2 heterocycles. The van der Waals surface area contributed by atoms with Crippen LogP contribution in [0.1, 0.15) is 17.7 Å². The van der Waals surface area contributed by atoms with Gasteiger partial charge in [0.2, 0.25) is 0 Å². The Hall–Kier alpha value is -2.60. The predicted molar refractivity (Wildman–Crippen MR) is 94.8 cm³/mol. The van der Waals surface area contributed by atoms with Crippen molar-refractivity contribution in [2.75, 3.05) is 6.61 Å². The Bertz CT molecular complexity index is 924. The van der Waals surface area contributed by atoms with Crippen molar-refractivity contribution in [2.24, 2.45) is 0 Å². The van der Waals surface area contributed by atoms with Crippen molar-refractivity contribution in [1.29, 1.82) is 0 Å². The van der Waals surface area contributed by atoms with Crippen molar-refractivity contribution >= 4 is 28.4 Å². The summed E-state index contributed by atoms with van der Waals surface area (Å²) < 4.78 is 5.68. The number of pyridine rings is 1. The molecule has 1 aromatic carbocycles. The van der Waals surface area contributed by atoms with E-state index in [1.807, 2.05) is 18.3 Å². The molecule has 2 N–H and O–H groups in total. The number of carbonyl (C=O) groups is 1. The fourth-order valence-corrected chi connectivity index (χ4v) is 3.40. The fraction of sp³-hybridized carbons (Fsp3) is 0.278. The smallest absolute Gasteiger partial charge is 0.258 e. The molecule has 0 spiro atoms. The molecule has 0 saturated heterocycles. The quantitative estimate of drug-likeness (QED) is 0.753. The summed E-state index contributed by atoms with van der Waals surface area (Å²) in [6.45, 7) is -0.0535. The first kappa shape index (κ1) is 15.9. The molecular weight excluding hydrogens is 340 g/mol. The van der Waals surface area contributed by atoms with E-state index in [-0.39, 0.29) is 18.6 Å². The number of H-pyrrole nitrogens is 1. The molecule has 1 aliphatic carbocycles. The maximum atomic E-state index is 12.2. The third-order valence-corrected chi connectivity index (χ3v) is 4.75. The van der Waals surface area contributed by atoms with E-state index >= 15 is 0 Å². The van der Waals surface area contributed by atoms with Crippen LogP contribution >= 0.6 is 11.6 Å². The van der Waals surface area contributed by atoms with Crippen LogP contribution in [0.25, 0.3) is 10.9 Å². The number of aryl methyl sites for hydroxylation is 1. The summed E-state index contributed by atoms with van der Waals surface area (Å²) in [6, 6.07) is 7.30. The standard InChI is InChI=1S/C18H17ClN4O2/c19-14-4-6-16(18-13(14)2-1-7-20-18)25-10-17(24)22-12-3-5-15-11(8-12)9-21-23-15/h1-2,4,6-7,9,12H,3,5,8,10H2,(H,21,23)(H,22,24). The summed E-state index contributed by atoms with van der Waals surface area (Å²) in [4.78, 5) is 16.5. The Labute approximate surface area is 149 Å². The number of amides is 1. The van der Waals surface area contributed by atoms with E-state index in [9.17, 15) is 4.79 Å². The summed E-state index contributed by atoms with van der Waals surface area (Å²) in [6.07, 6.45) is 6.09. The molecule has 1 aliphatic rings. The summed E-state index contributed by atoms with van der Waals surface area (Å²) in [5.74, 6) is 0.409. The van der Waals surface area contributed by atoms with Crippen LogP contribution in [0.5, 0.6) is 5.75 Å². The summed E-state index contributed by atoms with van der Waals surface area (Å²) >= 11 is 6.17. The van der Waals surface area contributed by atoms with Crippen LogP contribution in [-0.4, -0.2) is 33.7 Å². The first-order chi connectivity index (χ1) is 12.2. The van der Waals surface area contributed by atoms with E-state index in [2.05, 4.69) is 20.5 Å². The van der Waals surface area contributed by atoms with Gasteiger partial charge in [0.05, 0.1) is 11.2 Å². The second-order valence-corrected chi connectivity index (χ2v) is 6.52. The second kappa shape index (κ2) is 6.72. The largest absolute Gasteiger partial charge is 0.481 e. The van der Waals surface area contributed by atoms with E-state index in [4.69, 9.17) is 16.3 Å². The number of halogens is 1. The third-order valence-electron chi connectivity index (χ3n) is 4.42. The lowest BCUT2D eigenvalue weighted by molar-refractivity contribution is -0.123. The molecule has 1 amide bonds. The third kappa shape index (κ3) is 3.30. The molecule has 0 bridgehead atoms. The van der Waals surface area contributed by atoms with E-state index in [0.717, 1.165) is 24.6 Å². The zero-order chi connectivity index (χ0) is 17.2. The first-order valence-corrected chi connectivity index (χ1v) is 8.55. The summed E-state index contributed by atoms with van der Waals surface area (Å²) in [5.41, 5.74) is 2.99. The van der Waals surface area contributed by atoms with Crippen LogP contribution < -0.4 is 10.1 Å². The molecule has 6 nitrogen and oxygen atoms in total. The van der Waals surface area contributed by atoms with Gasteiger partial charge in [-0.25, -0.2) is 0 Å². The topological polar surface area (TPSA) is 79.9 Å². The van der Waals surface area contributed by atoms with Gasteiger partial charge in [-0.1, -0.05) is 11.6 Å². The molecule has 3 aromatic rings. The van der Waals surface area contributed by atoms with Gasteiger partial charge in [-0.3, -0.25) is 14.9 Å². The van der Waals surface area contributed by atoms with Crippen LogP contribution in [0.3, 0.4) is 0 Å². The Morgan fingerprint density at radius 1 is 1.40 bits per heavy atom. The molecule has 4 rings (SSSR count). The minimum atomic E-state index is -0.143. The monoisotopic (exact) mass is 356 g/mol. The molecule has 0 saturated carbocycles. The first-order valence-electron chi connectivity index (χ1n) is 8.17. The number of hydrogen-bond acceptors (Lipinski definition) is 4. The van der Waals surface area contributed by atoms with Crippen molar-refractivity contribution in [3.63, 3.8) is 0 Å². The predicted octanol–water partition coefficient (Wildman–Crippen LogP) is 2.66. The number of nitrogens with one attached hydrogen (secondary N) is 2. The highest BCUT2D eigenvalue weighted by Crippen LogP contribution is 2.29. The Kier molecular flexibility index (Phi) is 4.28. The zero-order valence-electron chi connectivity index (χ0n) is 13.5. The number of hydrogen-bond donors (Lipinski definition) is 2. The number of nitrogens with zero attached hydrogens (tertiary/aromatic N) is 2. The van der Waals surface area contributed by atoms with Gasteiger partial charge in [-0.05, 0) is 49.1 Å². The summed E-state index contributed by atoms with van der Waals surface area (Å²) in [5, 5.41) is 11.5. The highest BCUT2D eigenvalue weighted by atomic mass is 35.5. The highest BCUT2D eigenvalue weighted by Gasteiger charge is 2.21. The van der Waals surface area contributed by atoms with E-state index in [1.54, 1.807) is 18.3 Å². The lowest BCUT2D eigenvalue weighted by Gasteiger charge is -2.22. The SMILES string of the molecule is O=C(COc1ccc(Cl)c2cccnc12)NC1CCc2[nH]ncc2C1. The molecule has 0 fully saturated rings. The van der Waals surface area contributed by atoms with Crippen molar-refractivity contribution < 1.29 is 9.53 Å². The van der Waals surface area contributed by atoms with Crippen LogP contribution in [0.2, 0.25) is 5.02 Å². The lowest BCUT2D eigenvalue weighted by Crippen LogP contribution is -2.41. The maximum Gasteiger partial charge on any atom is 0.258 e. The van der Waals surface area contributed by atoms with Gasteiger partial charge in [0.1, 0.15) is 11.3 Å². The number of rotatable bonds is 4. The van der Waals surface area contributed by atoms with Crippen molar-refractivity contribution in [1.82, 2.24) is 20.5 Å². The van der Waals surface area contributed by atoms with Gasteiger partial charge in [-0.15, -0.1) is 0 Å². The van der Waals surface area contributed by atoms with Gasteiger partial charge in [-0.2, -0.15) is 5.10 Å². The Balaban J connectivity index is 1.39. The molecule has 7 heteroatoms. The highest BCUT2D eigenvalue weighted by molar-refractivity contribution is 6.35. The molecule has 1 atom stereocenters. The van der Waals surface area contributed by atoms with Gasteiger partial charge in [0.15, 0.2) is 6.61 Å². The molecule has 0 aliphatic heterocycles. The number of aromatic amines is 1. The Morgan fingerprint density at radius 3 is 3.24 bits per heavy atom. The number of fused-ring (bicyclic) bond motifs is 2. The van der Waals surface area contributed by atoms with Crippen LogP contribution in [0.4, 0.5) is 0 Å². The molecule has 25 heavy (non-hydrogen) atoms. The number of aromatic nitrogens is 3. The van der Waals surface area contributed by atoms with Crippen LogP contribution in [0.15, 0.2) is 36.7 Å². The normalized spacial score (nSPS) is 16.4. The van der Waals surface area contributed by atoms with E-state index in [1.165, 1.54) is 11.3 Å². The maximum absolute atomic E-state index is 12.2. The van der Waals surface area contributed by atoms with Crippen molar-refractivity contribution in [3.05, 3.63) is 52.9 Å². The van der Waals surface area contributed by atoms with Crippen molar-refractivity contribution in [2.45, 2.75) is 25.3 Å². The van der Waals surface area contributed by atoms with Crippen LogP contribution in [-0.2, 0) is 17.6 Å². The molecule has 0 radical (unpaired) electrons. The molecular formula is C18H17ClN4O2. The zero-order valence-corrected chi connectivity index (χ0v) is 14.2. The average molecular weight is 357 g/mol. The average Bonchev–Trinajstić information content (AvgIpc) is 3.09.